The molecule has 1 fully saturated rings. The summed E-state index contributed by atoms with van der Waals surface area (Å²) >= 11 is 0. The highest BCUT2D eigenvalue weighted by atomic mass is 15.1. The largest absolute Gasteiger partial charge is 0.303 e. The second-order valence-electron chi connectivity index (χ2n) is 6.47. The van der Waals surface area contributed by atoms with E-state index in [4.69, 9.17) is 0 Å². The molecule has 0 atom stereocenters. The molecule has 1 aliphatic carbocycles. The number of likely N-dealkylation sites (N-methyl/N-ethyl adjacent to an activating group) is 1. The van der Waals surface area contributed by atoms with E-state index in [2.05, 4.69) is 70.3 Å². The molecule has 0 unspecified atom stereocenters. The number of aryl methyl sites for hydroxylation is 1. The van der Waals surface area contributed by atoms with Crippen molar-refractivity contribution in [1.82, 2.24) is 4.90 Å². The lowest BCUT2D eigenvalue weighted by molar-refractivity contribution is 0.0830. The summed E-state index contributed by atoms with van der Waals surface area (Å²) in [5.41, 5.74) is 3.27. The van der Waals surface area contributed by atoms with Gasteiger partial charge < -0.3 is 4.90 Å². The van der Waals surface area contributed by atoms with Gasteiger partial charge in [0.25, 0.3) is 0 Å². The van der Waals surface area contributed by atoms with E-state index in [1.807, 2.05) is 13.8 Å². The molecule has 0 radical (unpaired) electrons. The van der Waals surface area contributed by atoms with Gasteiger partial charge in [-0.1, -0.05) is 50.6 Å². The van der Waals surface area contributed by atoms with Crippen LogP contribution in [-0.4, -0.2) is 24.5 Å². The summed E-state index contributed by atoms with van der Waals surface area (Å²) in [6.45, 7) is 14.6. The van der Waals surface area contributed by atoms with E-state index in [0.717, 1.165) is 5.92 Å². The smallest absolute Gasteiger partial charge is 0.0244 e. The maximum absolute atomic E-state index is 3.00. The number of rotatable bonds is 3. The highest BCUT2D eigenvalue weighted by Crippen LogP contribution is 2.37. The molecule has 0 saturated heterocycles. The lowest BCUT2D eigenvalue weighted by Gasteiger charge is -2.45. The fourth-order valence-electron chi connectivity index (χ4n) is 3.28. The Kier molecular flexibility index (Phi) is 10.1. The number of benzene rings is 1. The number of hydrogen-bond donors (Lipinski definition) is 0. The third kappa shape index (κ3) is 5.96. The first-order chi connectivity index (χ1) is 10.5. The minimum Gasteiger partial charge on any atom is -0.303 e. The van der Waals surface area contributed by atoms with Gasteiger partial charge in [-0.3, -0.25) is 0 Å². The molecule has 0 spiro atoms. The molecule has 1 aromatic rings. The molecule has 0 aromatic heterocycles. The van der Waals surface area contributed by atoms with E-state index in [1.54, 1.807) is 0 Å². The van der Waals surface area contributed by atoms with Crippen LogP contribution < -0.4 is 0 Å². The first kappa shape index (κ1) is 20.9. The lowest BCUT2D eigenvalue weighted by Crippen LogP contribution is -2.48. The summed E-state index contributed by atoms with van der Waals surface area (Å²) in [6.07, 6.45) is 6.65. The van der Waals surface area contributed by atoms with Gasteiger partial charge in [-0.15, -0.1) is 13.2 Å². The standard InChI is InChI=1S/C17H27N.C2H6.C2H4/c1-14-8-10-17(11-9-14,18(3)4)13-16-7-5-6-15(2)12-16;2*1-2/h5-7,12,14H,8-11,13H2,1-4H3;1-2H3;1-2H2. The van der Waals surface area contributed by atoms with Gasteiger partial charge in [0, 0.05) is 5.54 Å². The maximum Gasteiger partial charge on any atom is 0.0244 e. The fourth-order valence-corrected chi connectivity index (χ4v) is 3.28. The summed E-state index contributed by atoms with van der Waals surface area (Å²) in [6, 6.07) is 9.02. The van der Waals surface area contributed by atoms with Gasteiger partial charge in [-0.25, -0.2) is 0 Å². The second-order valence-corrected chi connectivity index (χ2v) is 6.47. The average molecular weight is 304 g/mol. The average Bonchev–Trinajstić information content (AvgIpc) is 2.53. The normalized spacial score (nSPS) is 23.9. The van der Waals surface area contributed by atoms with Crippen molar-refractivity contribution in [3.8, 4) is 0 Å². The molecule has 0 N–H and O–H groups in total. The molecule has 22 heavy (non-hydrogen) atoms. The summed E-state index contributed by atoms with van der Waals surface area (Å²) in [4.78, 5) is 2.47. The summed E-state index contributed by atoms with van der Waals surface area (Å²) < 4.78 is 0. The van der Waals surface area contributed by atoms with Crippen molar-refractivity contribution in [2.45, 2.75) is 65.3 Å². The summed E-state index contributed by atoms with van der Waals surface area (Å²) in [5.74, 6) is 0.913. The summed E-state index contributed by atoms with van der Waals surface area (Å²) in [5, 5.41) is 0. The Hall–Kier alpha value is -1.08. The molecule has 2 rings (SSSR count). The van der Waals surface area contributed by atoms with Crippen LogP contribution in [0.2, 0.25) is 0 Å². The van der Waals surface area contributed by atoms with Gasteiger partial charge in [0.2, 0.25) is 0 Å². The van der Waals surface area contributed by atoms with Gasteiger partial charge in [0.15, 0.2) is 0 Å². The first-order valence-electron chi connectivity index (χ1n) is 8.75. The molecule has 0 bridgehead atoms. The van der Waals surface area contributed by atoms with E-state index in [-0.39, 0.29) is 0 Å². The van der Waals surface area contributed by atoms with Crippen molar-refractivity contribution in [2.24, 2.45) is 5.92 Å². The Morgan fingerprint density at radius 3 is 2.14 bits per heavy atom. The molecule has 1 aromatic carbocycles. The fraction of sp³-hybridized carbons (Fsp3) is 0.619. The lowest BCUT2D eigenvalue weighted by atomic mass is 9.73. The Labute approximate surface area is 139 Å². The van der Waals surface area contributed by atoms with Crippen LogP contribution in [0.25, 0.3) is 0 Å². The maximum atomic E-state index is 3.00. The van der Waals surface area contributed by atoms with Gasteiger partial charge in [-0.2, -0.15) is 0 Å². The Morgan fingerprint density at radius 2 is 1.68 bits per heavy atom. The van der Waals surface area contributed by atoms with Gasteiger partial charge in [0.1, 0.15) is 0 Å². The third-order valence-corrected chi connectivity index (χ3v) is 4.77. The minimum absolute atomic E-state index is 0.389. The molecule has 1 aliphatic rings. The van der Waals surface area contributed by atoms with E-state index in [9.17, 15) is 0 Å². The Morgan fingerprint density at radius 1 is 1.14 bits per heavy atom. The first-order valence-corrected chi connectivity index (χ1v) is 8.75. The van der Waals surface area contributed by atoms with Crippen LogP contribution in [0.3, 0.4) is 0 Å². The van der Waals surface area contributed by atoms with Crippen LogP contribution in [0, 0.1) is 12.8 Å². The molecule has 1 heteroatoms. The highest BCUT2D eigenvalue weighted by Gasteiger charge is 2.36. The van der Waals surface area contributed by atoms with E-state index >= 15 is 0 Å². The number of hydrogen-bond acceptors (Lipinski definition) is 1. The quantitative estimate of drug-likeness (QED) is 0.631. The molecule has 0 aliphatic heterocycles. The molecular formula is C21H37N. The Bertz CT molecular complexity index is 400. The van der Waals surface area contributed by atoms with E-state index in [1.165, 1.54) is 43.2 Å². The predicted molar refractivity (Wildman–Crippen MR) is 102 cm³/mol. The number of nitrogens with zero attached hydrogens (tertiary/aromatic N) is 1. The van der Waals surface area contributed by atoms with Crippen LogP contribution in [0.4, 0.5) is 0 Å². The second kappa shape index (κ2) is 10.6. The molecular weight excluding hydrogens is 266 g/mol. The molecule has 126 valence electrons. The van der Waals surface area contributed by atoms with Crippen LogP contribution in [-0.2, 0) is 6.42 Å². The van der Waals surface area contributed by atoms with Gasteiger partial charge >= 0.3 is 0 Å². The van der Waals surface area contributed by atoms with Gasteiger partial charge in [0.05, 0.1) is 0 Å². The third-order valence-electron chi connectivity index (χ3n) is 4.77. The summed E-state index contributed by atoms with van der Waals surface area (Å²) in [7, 11) is 4.51. The topological polar surface area (TPSA) is 3.24 Å². The van der Waals surface area contributed by atoms with Crippen molar-refractivity contribution < 1.29 is 0 Å². The zero-order valence-electron chi connectivity index (χ0n) is 15.8. The Balaban J connectivity index is 0.00000102. The highest BCUT2D eigenvalue weighted by molar-refractivity contribution is 5.24. The van der Waals surface area contributed by atoms with Crippen LogP contribution >= 0.6 is 0 Å². The van der Waals surface area contributed by atoms with Crippen LogP contribution in [0.15, 0.2) is 37.4 Å². The van der Waals surface area contributed by atoms with Crippen molar-refractivity contribution in [3.05, 3.63) is 48.6 Å². The SMILES string of the molecule is C=C.CC.Cc1cccc(CC2(N(C)C)CCC(C)CC2)c1. The van der Waals surface area contributed by atoms with Gasteiger partial charge in [-0.05, 0) is 64.6 Å². The molecule has 0 heterocycles. The van der Waals surface area contributed by atoms with E-state index < -0.39 is 0 Å². The van der Waals surface area contributed by atoms with Crippen molar-refractivity contribution in [2.75, 3.05) is 14.1 Å². The molecule has 1 nitrogen and oxygen atoms in total. The molecule has 0 amide bonds. The van der Waals surface area contributed by atoms with Crippen LogP contribution in [0.1, 0.15) is 57.6 Å². The monoisotopic (exact) mass is 303 g/mol. The zero-order chi connectivity index (χ0) is 17.2. The zero-order valence-corrected chi connectivity index (χ0v) is 15.8. The molecule has 1 saturated carbocycles. The van der Waals surface area contributed by atoms with E-state index in [0.29, 0.717) is 5.54 Å². The van der Waals surface area contributed by atoms with Crippen LogP contribution in [0.5, 0.6) is 0 Å². The van der Waals surface area contributed by atoms with Crippen molar-refractivity contribution >= 4 is 0 Å². The van der Waals surface area contributed by atoms with Crippen molar-refractivity contribution in [3.63, 3.8) is 0 Å². The predicted octanol–water partition coefficient (Wildman–Crippen LogP) is 5.88. The minimum atomic E-state index is 0.389. The van der Waals surface area contributed by atoms with Crippen molar-refractivity contribution in [1.29, 1.82) is 0 Å².